The Bertz CT molecular complexity index is 924. The van der Waals surface area contributed by atoms with Crippen molar-refractivity contribution in [3.05, 3.63) is 113 Å². The molecule has 1 atom stereocenters. The zero-order valence-electron chi connectivity index (χ0n) is 21.3. The van der Waals surface area contributed by atoms with Gasteiger partial charge in [-0.1, -0.05) is 86.2 Å². The zero-order valence-corrected chi connectivity index (χ0v) is 21.3. The molecular weight excluding hydrogens is 386 g/mol. The van der Waals surface area contributed by atoms with Crippen molar-refractivity contribution in [1.82, 2.24) is 5.32 Å². The highest BCUT2D eigenvalue weighted by atomic mass is 14.9. The molecule has 32 heavy (non-hydrogen) atoms. The van der Waals surface area contributed by atoms with Crippen LogP contribution in [0.2, 0.25) is 0 Å². The van der Waals surface area contributed by atoms with Crippen LogP contribution in [0, 0.1) is 13.8 Å². The fraction of sp³-hybridized carbons (Fsp3) is 0.387. The van der Waals surface area contributed by atoms with Gasteiger partial charge < -0.3 is 5.32 Å². The number of rotatable bonds is 13. The minimum absolute atomic E-state index is 0.149. The maximum Gasteiger partial charge on any atom is 0.0471 e. The highest BCUT2D eigenvalue weighted by Gasteiger charge is 2.13. The third-order valence-electron chi connectivity index (χ3n) is 5.63. The highest BCUT2D eigenvalue weighted by Crippen LogP contribution is 2.21. The molecule has 0 aliphatic rings. The molecule has 1 heteroatoms. The molecule has 0 aromatic heterocycles. The molecule has 0 bridgehead atoms. The first-order chi connectivity index (χ1) is 15.0. The van der Waals surface area contributed by atoms with Crippen molar-refractivity contribution >= 4 is 0 Å². The van der Waals surface area contributed by atoms with Gasteiger partial charge in [-0.25, -0.2) is 0 Å². The van der Waals surface area contributed by atoms with Gasteiger partial charge in [0, 0.05) is 17.3 Å². The van der Waals surface area contributed by atoms with Crippen LogP contribution in [0.5, 0.6) is 0 Å². The maximum absolute atomic E-state index is 4.25. The minimum Gasteiger partial charge on any atom is -0.379 e. The Morgan fingerprint density at radius 1 is 1.03 bits per heavy atom. The topological polar surface area (TPSA) is 12.0 Å². The van der Waals surface area contributed by atoms with Gasteiger partial charge in [0.2, 0.25) is 0 Å². The maximum atomic E-state index is 4.25. The summed E-state index contributed by atoms with van der Waals surface area (Å²) in [6.07, 6.45) is 9.43. The smallest absolute Gasteiger partial charge is 0.0471 e. The molecule has 1 rings (SSSR count). The summed E-state index contributed by atoms with van der Waals surface area (Å²) >= 11 is 0. The van der Waals surface area contributed by atoms with Crippen molar-refractivity contribution in [1.29, 1.82) is 0 Å². The lowest BCUT2D eigenvalue weighted by Crippen LogP contribution is -2.29. The van der Waals surface area contributed by atoms with Crippen LogP contribution in [0.3, 0.4) is 0 Å². The number of nitrogens with one attached hydrogen (secondary N) is 1. The van der Waals surface area contributed by atoms with E-state index in [2.05, 4.69) is 102 Å². The van der Waals surface area contributed by atoms with Gasteiger partial charge in [0.15, 0.2) is 0 Å². The zero-order chi connectivity index (χ0) is 24.3. The quantitative estimate of drug-likeness (QED) is 0.188. The second kappa shape index (κ2) is 13.6. The summed E-state index contributed by atoms with van der Waals surface area (Å²) < 4.78 is 0. The monoisotopic (exact) mass is 429 g/mol. The Morgan fingerprint density at radius 3 is 2.19 bits per heavy atom. The molecule has 0 radical (unpaired) electrons. The summed E-state index contributed by atoms with van der Waals surface area (Å²) in [6, 6.07) is 6.79. The summed E-state index contributed by atoms with van der Waals surface area (Å²) in [4.78, 5) is 0. The van der Waals surface area contributed by atoms with E-state index in [4.69, 9.17) is 0 Å². The predicted molar refractivity (Wildman–Crippen MR) is 144 cm³/mol. The first-order valence-electron chi connectivity index (χ1n) is 11.7. The first-order valence-corrected chi connectivity index (χ1v) is 11.7. The normalized spacial score (nSPS) is 11.9. The lowest BCUT2D eigenvalue weighted by molar-refractivity contribution is 0.595. The molecule has 1 nitrogen and oxygen atoms in total. The largest absolute Gasteiger partial charge is 0.379 e. The van der Waals surface area contributed by atoms with E-state index in [1.54, 1.807) is 0 Å². The van der Waals surface area contributed by atoms with Crippen LogP contribution in [0.25, 0.3) is 0 Å². The van der Waals surface area contributed by atoms with Gasteiger partial charge in [0.1, 0.15) is 0 Å². The van der Waals surface area contributed by atoms with Gasteiger partial charge >= 0.3 is 0 Å². The Morgan fingerprint density at radius 2 is 1.66 bits per heavy atom. The number of hydrogen-bond acceptors (Lipinski definition) is 1. The third kappa shape index (κ3) is 9.58. The van der Waals surface area contributed by atoms with Crippen molar-refractivity contribution in [2.45, 2.75) is 79.7 Å². The van der Waals surface area contributed by atoms with Gasteiger partial charge in [-0.3, -0.25) is 0 Å². The number of allylic oxidation sites excluding steroid dienone is 4. The number of unbranched alkanes of at least 4 members (excludes halogenated alkanes) is 1. The SMILES string of the molecule is C=C(NC(CC/C(=C/CCC)C(=C)C)C(=C)C)C(=C)C(C)=C=CCc1cc(C)cc(C)c1. The van der Waals surface area contributed by atoms with E-state index in [0.29, 0.717) is 0 Å². The summed E-state index contributed by atoms with van der Waals surface area (Å²) in [6.45, 7) is 29.5. The molecule has 0 heterocycles. The van der Waals surface area contributed by atoms with Crippen LogP contribution in [-0.4, -0.2) is 6.04 Å². The number of aryl methyl sites for hydroxylation is 2. The number of benzene rings is 1. The molecule has 0 aliphatic heterocycles. The molecule has 172 valence electrons. The minimum atomic E-state index is 0.149. The van der Waals surface area contributed by atoms with Crippen molar-refractivity contribution in [3.63, 3.8) is 0 Å². The predicted octanol–water partition coefficient (Wildman–Crippen LogP) is 8.63. The van der Waals surface area contributed by atoms with E-state index < -0.39 is 0 Å². The van der Waals surface area contributed by atoms with Crippen LogP contribution in [-0.2, 0) is 6.42 Å². The lowest BCUT2D eigenvalue weighted by atomic mass is 9.95. The second-order valence-electron chi connectivity index (χ2n) is 9.01. The van der Waals surface area contributed by atoms with E-state index in [1.807, 2.05) is 6.92 Å². The van der Waals surface area contributed by atoms with Crippen LogP contribution in [0.4, 0.5) is 0 Å². The fourth-order valence-corrected chi connectivity index (χ4v) is 3.67. The molecule has 0 spiro atoms. The van der Waals surface area contributed by atoms with Crippen molar-refractivity contribution in [2.75, 3.05) is 0 Å². The Balaban J connectivity index is 2.80. The van der Waals surface area contributed by atoms with Crippen molar-refractivity contribution in [3.8, 4) is 0 Å². The molecular formula is C31H43N. The molecule has 1 N–H and O–H groups in total. The molecule has 1 unspecified atom stereocenters. The standard InChI is InChI=1S/C31H43N/c1-11-12-16-30(22(2)3)17-18-31(23(4)5)32-28(10)27(9)26(8)14-13-15-29-20-24(6)19-25(7)21-29/h13,16,19-21,31-32H,2,4,9-12,15,17-18H2,1,3,5-8H3/b30-16-. The van der Waals surface area contributed by atoms with E-state index in [9.17, 15) is 0 Å². The molecule has 0 saturated carbocycles. The Kier molecular flexibility index (Phi) is 11.6. The summed E-state index contributed by atoms with van der Waals surface area (Å²) in [5.74, 6) is 0. The van der Waals surface area contributed by atoms with Crippen LogP contribution in [0.1, 0.15) is 70.1 Å². The molecule has 0 amide bonds. The van der Waals surface area contributed by atoms with Crippen LogP contribution >= 0.6 is 0 Å². The van der Waals surface area contributed by atoms with Crippen molar-refractivity contribution in [2.24, 2.45) is 0 Å². The highest BCUT2D eigenvalue weighted by molar-refractivity contribution is 5.42. The molecule has 0 aliphatic carbocycles. The summed E-state index contributed by atoms with van der Waals surface area (Å²) in [5.41, 5.74) is 13.6. The van der Waals surface area contributed by atoms with Gasteiger partial charge in [-0.2, -0.15) is 0 Å². The average molecular weight is 430 g/mol. The average Bonchev–Trinajstić information content (AvgIpc) is 2.70. The van der Waals surface area contributed by atoms with Gasteiger partial charge in [-0.05, 0) is 83.1 Å². The lowest BCUT2D eigenvalue weighted by Gasteiger charge is -2.23. The van der Waals surface area contributed by atoms with Crippen LogP contribution < -0.4 is 5.32 Å². The fourth-order valence-electron chi connectivity index (χ4n) is 3.67. The molecule has 1 aromatic carbocycles. The molecule has 0 fully saturated rings. The first kappa shape index (κ1) is 27.3. The van der Waals surface area contributed by atoms with E-state index >= 15 is 0 Å². The van der Waals surface area contributed by atoms with Gasteiger partial charge in [-0.15, -0.1) is 5.73 Å². The summed E-state index contributed by atoms with van der Waals surface area (Å²) in [5, 5.41) is 3.55. The third-order valence-corrected chi connectivity index (χ3v) is 5.63. The second-order valence-corrected chi connectivity index (χ2v) is 9.01. The van der Waals surface area contributed by atoms with E-state index in [1.165, 1.54) is 22.3 Å². The van der Waals surface area contributed by atoms with Gasteiger partial charge in [0.25, 0.3) is 0 Å². The Labute approximate surface area is 197 Å². The van der Waals surface area contributed by atoms with Gasteiger partial charge in [0.05, 0.1) is 0 Å². The van der Waals surface area contributed by atoms with Crippen LogP contribution in [0.15, 0.2) is 96.0 Å². The Hall–Kier alpha value is -2.76. The number of hydrogen-bond donors (Lipinski definition) is 1. The molecule has 1 aromatic rings. The van der Waals surface area contributed by atoms with Crippen molar-refractivity contribution < 1.29 is 0 Å². The molecule has 0 saturated heterocycles. The summed E-state index contributed by atoms with van der Waals surface area (Å²) in [7, 11) is 0. The van der Waals surface area contributed by atoms with E-state index in [-0.39, 0.29) is 6.04 Å². The van der Waals surface area contributed by atoms with E-state index in [0.717, 1.165) is 60.1 Å².